The summed E-state index contributed by atoms with van der Waals surface area (Å²) in [6.45, 7) is 5.42. The molecule has 0 unspecified atom stereocenters. The van der Waals surface area contributed by atoms with Crippen molar-refractivity contribution in [2.75, 3.05) is 0 Å². The molecule has 0 aromatic carbocycles. The van der Waals surface area contributed by atoms with E-state index in [4.69, 9.17) is 0 Å². The molecule has 0 fully saturated rings. The largest absolute Gasteiger partial charge is 0.287 e. The van der Waals surface area contributed by atoms with Crippen LogP contribution in [0, 0.1) is 0 Å². The molecule has 56 valence electrons. The Labute approximate surface area is 66.2 Å². The van der Waals surface area contributed by atoms with Crippen LogP contribution < -0.4 is 0 Å². The van der Waals surface area contributed by atoms with E-state index in [2.05, 4.69) is 0 Å². The molecule has 2 heteroatoms. The molecule has 0 aliphatic carbocycles. The second kappa shape index (κ2) is 5.30. The Morgan fingerprint density at radius 3 is 2.30 bits per heavy atom. The average molecular weight is 156 g/mol. The second-order valence-electron chi connectivity index (χ2n) is 1.78. The first-order chi connectivity index (χ1) is 4.70. The van der Waals surface area contributed by atoms with E-state index in [1.807, 2.05) is 32.1 Å². The van der Waals surface area contributed by atoms with Crippen LogP contribution in [0.5, 0.6) is 0 Å². The summed E-state index contributed by atoms with van der Waals surface area (Å²) in [7, 11) is 0. The van der Waals surface area contributed by atoms with Gasteiger partial charge in [0.2, 0.25) is 0 Å². The molecule has 0 aromatic heterocycles. The fourth-order valence-electron chi connectivity index (χ4n) is 0.519. The van der Waals surface area contributed by atoms with Crippen molar-refractivity contribution >= 4 is 16.9 Å². The summed E-state index contributed by atoms with van der Waals surface area (Å²) < 4.78 is 0. The van der Waals surface area contributed by atoms with Crippen molar-refractivity contribution in [2.24, 2.45) is 0 Å². The Kier molecular flexibility index (Phi) is 5.03. The van der Waals surface area contributed by atoms with Crippen LogP contribution in [0.2, 0.25) is 0 Å². The standard InChI is InChI=1S/C8H12OS/c1-4-6-8(5-2)10-7(3)9/h4-6H,1-3H3. The van der Waals surface area contributed by atoms with Gasteiger partial charge in [0.05, 0.1) is 0 Å². The first-order valence-electron chi connectivity index (χ1n) is 3.18. The van der Waals surface area contributed by atoms with Gasteiger partial charge < -0.3 is 0 Å². The number of carbonyl (C=O) groups is 1. The highest BCUT2D eigenvalue weighted by Crippen LogP contribution is 2.16. The molecule has 0 N–H and O–H groups in total. The fraction of sp³-hybridized carbons (Fsp3) is 0.375. The van der Waals surface area contributed by atoms with Gasteiger partial charge in [0.25, 0.3) is 0 Å². The van der Waals surface area contributed by atoms with Crippen molar-refractivity contribution in [1.82, 2.24) is 0 Å². The predicted molar refractivity (Wildman–Crippen MR) is 46.8 cm³/mol. The molecule has 0 aliphatic heterocycles. The minimum Gasteiger partial charge on any atom is -0.287 e. The maximum absolute atomic E-state index is 10.6. The van der Waals surface area contributed by atoms with Gasteiger partial charge in [-0.1, -0.05) is 30.0 Å². The Bertz CT molecular complexity index is 168. The van der Waals surface area contributed by atoms with Gasteiger partial charge in [0.1, 0.15) is 0 Å². The molecule has 1 nitrogen and oxygen atoms in total. The average Bonchev–Trinajstić information content (AvgIpc) is 1.86. The first-order valence-corrected chi connectivity index (χ1v) is 3.99. The van der Waals surface area contributed by atoms with E-state index >= 15 is 0 Å². The van der Waals surface area contributed by atoms with E-state index in [0.717, 1.165) is 4.91 Å². The highest BCUT2D eigenvalue weighted by molar-refractivity contribution is 8.17. The van der Waals surface area contributed by atoms with Gasteiger partial charge in [-0.05, 0) is 13.8 Å². The molecule has 0 radical (unpaired) electrons. The van der Waals surface area contributed by atoms with Gasteiger partial charge in [0.15, 0.2) is 5.12 Å². The first kappa shape index (κ1) is 9.50. The van der Waals surface area contributed by atoms with E-state index < -0.39 is 0 Å². The number of hydrogen-bond acceptors (Lipinski definition) is 2. The number of allylic oxidation sites excluding steroid dienone is 3. The Hall–Kier alpha value is -0.500. The van der Waals surface area contributed by atoms with E-state index in [0.29, 0.717) is 0 Å². The van der Waals surface area contributed by atoms with Crippen molar-refractivity contribution in [3.05, 3.63) is 23.1 Å². The molecule has 0 aromatic rings. The second-order valence-corrected chi connectivity index (χ2v) is 3.04. The summed E-state index contributed by atoms with van der Waals surface area (Å²) in [6, 6.07) is 0. The van der Waals surface area contributed by atoms with Gasteiger partial charge in [-0.3, -0.25) is 4.79 Å². The van der Waals surface area contributed by atoms with Crippen LogP contribution in [-0.4, -0.2) is 5.12 Å². The summed E-state index contributed by atoms with van der Waals surface area (Å²) in [5, 5.41) is 0.131. The quantitative estimate of drug-likeness (QED) is 0.572. The van der Waals surface area contributed by atoms with E-state index in [-0.39, 0.29) is 5.12 Å². The molecular formula is C8H12OS. The maximum atomic E-state index is 10.6. The lowest BCUT2D eigenvalue weighted by atomic mass is 10.4. The summed E-state index contributed by atoms with van der Waals surface area (Å²) >= 11 is 1.26. The molecule has 0 heterocycles. The van der Waals surface area contributed by atoms with Gasteiger partial charge in [0, 0.05) is 11.8 Å². The Morgan fingerprint density at radius 2 is 2.00 bits per heavy atom. The summed E-state index contributed by atoms with van der Waals surface area (Å²) in [6.07, 6.45) is 5.77. The summed E-state index contributed by atoms with van der Waals surface area (Å²) in [4.78, 5) is 11.6. The molecule has 0 spiro atoms. The number of rotatable bonds is 2. The van der Waals surface area contributed by atoms with Crippen LogP contribution in [0.25, 0.3) is 0 Å². The van der Waals surface area contributed by atoms with Gasteiger partial charge in [-0.2, -0.15) is 0 Å². The van der Waals surface area contributed by atoms with Crippen molar-refractivity contribution in [3.63, 3.8) is 0 Å². The normalized spacial score (nSPS) is 12.5. The van der Waals surface area contributed by atoms with Gasteiger partial charge >= 0.3 is 0 Å². The lowest BCUT2D eigenvalue weighted by Crippen LogP contribution is -1.80. The number of hydrogen-bond donors (Lipinski definition) is 0. The van der Waals surface area contributed by atoms with Crippen molar-refractivity contribution < 1.29 is 4.79 Å². The molecule has 0 rings (SSSR count). The van der Waals surface area contributed by atoms with Crippen LogP contribution in [-0.2, 0) is 4.79 Å². The monoisotopic (exact) mass is 156 g/mol. The van der Waals surface area contributed by atoms with Gasteiger partial charge in [-0.15, -0.1) is 0 Å². The molecule has 0 aliphatic rings. The third kappa shape index (κ3) is 4.39. The zero-order chi connectivity index (χ0) is 7.98. The molecule has 0 saturated heterocycles. The molecule has 0 saturated carbocycles. The minimum absolute atomic E-state index is 0.131. The van der Waals surface area contributed by atoms with Crippen molar-refractivity contribution in [3.8, 4) is 0 Å². The molecule has 0 atom stereocenters. The van der Waals surface area contributed by atoms with Crippen LogP contribution in [0.3, 0.4) is 0 Å². The lowest BCUT2D eigenvalue weighted by Gasteiger charge is -1.93. The van der Waals surface area contributed by atoms with E-state index in [1.54, 1.807) is 6.92 Å². The van der Waals surface area contributed by atoms with E-state index in [1.165, 1.54) is 11.8 Å². The topological polar surface area (TPSA) is 17.1 Å². The van der Waals surface area contributed by atoms with Crippen molar-refractivity contribution in [2.45, 2.75) is 20.8 Å². The lowest BCUT2D eigenvalue weighted by molar-refractivity contribution is -0.109. The van der Waals surface area contributed by atoms with E-state index in [9.17, 15) is 4.79 Å². The minimum atomic E-state index is 0.131. The third-order valence-corrected chi connectivity index (χ3v) is 1.77. The third-order valence-electron chi connectivity index (χ3n) is 0.877. The van der Waals surface area contributed by atoms with Crippen LogP contribution in [0.15, 0.2) is 23.1 Å². The zero-order valence-electron chi connectivity index (χ0n) is 6.55. The van der Waals surface area contributed by atoms with Gasteiger partial charge in [-0.25, -0.2) is 0 Å². The number of thioether (sulfide) groups is 1. The summed E-state index contributed by atoms with van der Waals surface area (Å²) in [5.41, 5.74) is 0. The number of carbonyl (C=O) groups excluding carboxylic acids is 1. The highest BCUT2D eigenvalue weighted by Gasteiger charge is 1.94. The molecule has 0 amide bonds. The molecule has 0 bridgehead atoms. The zero-order valence-corrected chi connectivity index (χ0v) is 7.37. The smallest absolute Gasteiger partial charge is 0.190 e. The molecule has 10 heavy (non-hydrogen) atoms. The Morgan fingerprint density at radius 1 is 1.40 bits per heavy atom. The fourth-order valence-corrected chi connectivity index (χ4v) is 1.17. The van der Waals surface area contributed by atoms with Crippen LogP contribution in [0.1, 0.15) is 20.8 Å². The molecular weight excluding hydrogens is 144 g/mol. The maximum Gasteiger partial charge on any atom is 0.190 e. The highest BCUT2D eigenvalue weighted by atomic mass is 32.2. The van der Waals surface area contributed by atoms with Crippen molar-refractivity contribution in [1.29, 1.82) is 0 Å². The predicted octanol–water partition coefficient (Wildman–Crippen LogP) is 2.75. The Balaban J connectivity index is 3.98. The summed E-state index contributed by atoms with van der Waals surface area (Å²) in [5.74, 6) is 0. The SMILES string of the molecule is CC=CC(=CC)SC(C)=O. The van der Waals surface area contributed by atoms with Crippen LogP contribution in [0.4, 0.5) is 0 Å². The van der Waals surface area contributed by atoms with Crippen LogP contribution >= 0.6 is 11.8 Å².